The van der Waals surface area contributed by atoms with Gasteiger partial charge in [0.2, 0.25) is 0 Å². The number of nitrogens with one attached hydrogen (secondary N) is 1. The molecule has 16 heavy (non-hydrogen) atoms. The summed E-state index contributed by atoms with van der Waals surface area (Å²) in [5.41, 5.74) is 2.03. The number of hydrogen-bond donors (Lipinski definition) is 1. The van der Waals surface area contributed by atoms with Crippen LogP contribution < -0.4 is 0 Å². The van der Waals surface area contributed by atoms with E-state index in [0.717, 1.165) is 21.1 Å². The SMILES string of the molecule is c1cncc(-c2ncc(-c3ccn[nH]3)s2)c1. The van der Waals surface area contributed by atoms with Crippen molar-refractivity contribution in [2.75, 3.05) is 0 Å². The van der Waals surface area contributed by atoms with Gasteiger partial charge in [-0.05, 0) is 18.2 Å². The summed E-state index contributed by atoms with van der Waals surface area (Å²) in [6.45, 7) is 0. The van der Waals surface area contributed by atoms with Gasteiger partial charge in [-0.1, -0.05) is 0 Å². The molecule has 0 atom stereocenters. The summed E-state index contributed by atoms with van der Waals surface area (Å²) in [7, 11) is 0. The van der Waals surface area contributed by atoms with Crippen molar-refractivity contribution in [3.05, 3.63) is 43.0 Å². The Labute approximate surface area is 96.0 Å². The summed E-state index contributed by atoms with van der Waals surface area (Å²) < 4.78 is 0. The Balaban J connectivity index is 2.00. The lowest BCUT2D eigenvalue weighted by molar-refractivity contribution is 1.10. The molecule has 0 spiro atoms. The lowest BCUT2D eigenvalue weighted by Gasteiger charge is -1.92. The van der Waals surface area contributed by atoms with E-state index in [9.17, 15) is 0 Å². The van der Waals surface area contributed by atoms with Crippen molar-refractivity contribution in [1.82, 2.24) is 20.2 Å². The van der Waals surface area contributed by atoms with E-state index in [1.165, 1.54) is 0 Å². The Kier molecular flexibility index (Phi) is 2.23. The third-order valence-electron chi connectivity index (χ3n) is 2.18. The molecule has 0 saturated carbocycles. The lowest BCUT2D eigenvalue weighted by Crippen LogP contribution is -1.75. The first-order valence-electron chi connectivity index (χ1n) is 4.79. The van der Waals surface area contributed by atoms with Gasteiger partial charge in [-0.15, -0.1) is 11.3 Å². The topological polar surface area (TPSA) is 54.5 Å². The minimum atomic E-state index is 0.970. The second kappa shape index (κ2) is 3.86. The lowest BCUT2D eigenvalue weighted by atomic mass is 10.3. The monoisotopic (exact) mass is 228 g/mol. The number of hydrogen-bond acceptors (Lipinski definition) is 4. The Morgan fingerprint density at radius 2 is 2.12 bits per heavy atom. The van der Waals surface area contributed by atoms with Gasteiger partial charge < -0.3 is 0 Å². The highest BCUT2D eigenvalue weighted by molar-refractivity contribution is 7.18. The highest BCUT2D eigenvalue weighted by atomic mass is 32.1. The zero-order valence-corrected chi connectivity index (χ0v) is 9.11. The van der Waals surface area contributed by atoms with Crippen molar-refractivity contribution in [3.63, 3.8) is 0 Å². The molecule has 1 N–H and O–H groups in total. The average Bonchev–Trinajstić information content (AvgIpc) is 3.01. The second-order valence-electron chi connectivity index (χ2n) is 3.24. The fourth-order valence-corrected chi connectivity index (χ4v) is 2.30. The molecular formula is C11H8N4S. The number of thiazole rings is 1. The molecule has 78 valence electrons. The molecule has 0 amide bonds. The van der Waals surface area contributed by atoms with E-state index < -0.39 is 0 Å². The van der Waals surface area contributed by atoms with Crippen LogP contribution in [0.4, 0.5) is 0 Å². The minimum Gasteiger partial charge on any atom is -0.277 e. The van der Waals surface area contributed by atoms with E-state index in [2.05, 4.69) is 20.2 Å². The number of aromatic nitrogens is 4. The molecule has 3 heterocycles. The second-order valence-corrected chi connectivity index (χ2v) is 4.27. The summed E-state index contributed by atoms with van der Waals surface area (Å²) in [5.74, 6) is 0. The van der Waals surface area contributed by atoms with Crippen molar-refractivity contribution in [2.24, 2.45) is 0 Å². The van der Waals surface area contributed by atoms with Gasteiger partial charge >= 0.3 is 0 Å². The third kappa shape index (κ3) is 1.61. The summed E-state index contributed by atoms with van der Waals surface area (Å²) in [6.07, 6.45) is 7.15. The van der Waals surface area contributed by atoms with Crippen LogP contribution in [0.15, 0.2) is 43.0 Å². The predicted molar refractivity (Wildman–Crippen MR) is 62.9 cm³/mol. The number of nitrogens with zero attached hydrogens (tertiary/aromatic N) is 3. The van der Waals surface area contributed by atoms with Crippen LogP contribution in [0.1, 0.15) is 0 Å². The number of aromatic amines is 1. The number of pyridine rings is 1. The maximum atomic E-state index is 4.37. The fourth-order valence-electron chi connectivity index (χ4n) is 1.41. The highest BCUT2D eigenvalue weighted by Gasteiger charge is 2.06. The largest absolute Gasteiger partial charge is 0.277 e. The zero-order chi connectivity index (χ0) is 10.8. The molecule has 0 aliphatic heterocycles. The van der Waals surface area contributed by atoms with Gasteiger partial charge in [0.1, 0.15) is 5.01 Å². The fraction of sp³-hybridized carbons (Fsp3) is 0. The van der Waals surface area contributed by atoms with E-state index in [0.29, 0.717) is 0 Å². The summed E-state index contributed by atoms with van der Waals surface area (Å²) in [4.78, 5) is 9.53. The van der Waals surface area contributed by atoms with Crippen LogP contribution in [0.5, 0.6) is 0 Å². The van der Waals surface area contributed by atoms with Crippen LogP contribution in [-0.4, -0.2) is 20.2 Å². The minimum absolute atomic E-state index is 0.970. The van der Waals surface area contributed by atoms with Crippen LogP contribution in [0, 0.1) is 0 Å². The van der Waals surface area contributed by atoms with Gasteiger partial charge in [0.15, 0.2) is 0 Å². The van der Waals surface area contributed by atoms with E-state index in [1.807, 2.05) is 30.6 Å². The molecule has 0 aromatic carbocycles. The molecule has 3 rings (SSSR count). The number of rotatable bonds is 2. The molecule has 0 bridgehead atoms. The molecule has 3 aromatic rings. The Morgan fingerprint density at radius 3 is 2.88 bits per heavy atom. The zero-order valence-electron chi connectivity index (χ0n) is 8.29. The summed E-state index contributed by atoms with van der Waals surface area (Å²) in [6, 6.07) is 5.84. The first-order valence-corrected chi connectivity index (χ1v) is 5.61. The van der Waals surface area contributed by atoms with Crippen LogP contribution in [0.2, 0.25) is 0 Å². The third-order valence-corrected chi connectivity index (χ3v) is 3.26. The molecule has 3 aromatic heterocycles. The van der Waals surface area contributed by atoms with Gasteiger partial charge in [0.25, 0.3) is 0 Å². The first-order chi connectivity index (χ1) is 7.93. The van der Waals surface area contributed by atoms with E-state index >= 15 is 0 Å². The van der Waals surface area contributed by atoms with Gasteiger partial charge in [-0.3, -0.25) is 10.1 Å². The quantitative estimate of drug-likeness (QED) is 0.733. The van der Waals surface area contributed by atoms with Gasteiger partial charge in [0.05, 0.1) is 10.6 Å². The molecular weight excluding hydrogens is 220 g/mol. The maximum absolute atomic E-state index is 4.37. The standard InChI is InChI=1S/C11H8N4S/c1-2-8(6-12-4-1)11-13-7-10(16-11)9-3-5-14-15-9/h1-7H,(H,14,15). The van der Waals surface area contributed by atoms with E-state index in [1.54, 1.807) is 23.7 Å². The molecule has 4 nitrogen and oxygen atoms in total. The van der Waals surface area contributed by atoms with Gasteiger partial charge in [-0.2, -0.15) is 5.10 Å². The highest BCUT2D eigenvalue weighted by Crippen LogP contribution is 2.30. The smallest absolute Gasteiger partial charge is 0.125 e. The van der Waals surface area contributed by atoms with E-state index in [4.69, 9.17) is 0 Å². The Morgan fingerprint density at radius 1 is 1.12 bits per heavy atom. The van der Waals surface area contributed by atoms with Crippen LogP contribution in [0.3, 0.4) is 0 Å². The maximum Gasteiger partial charge on any atom is 0.125 e. The molecule has 0 aliphatic carbocycles. The Bertz CT molecular complexity index is 571. The first kappa shape index (κ1) is 9.23. The van der Waals surface area contributed by atoms with Gasteiger partial charge in [0, 0.05) is 30.4 Å². The van der Waals surface area contributed by atoms with E-state index in [-0.39, 0.29) is 0 Å². The van der Waals surface area contributed by atoms with Crippen LogP contribution in [0.25, 0.3) is 21.1 Å². The molecule has 0 aliphatic rings. The van der Waals surface area contributed by atoms with Crippen molar-refractivity contribution >= 4 is 11.3 Å². The normalized spacial score (nSPS) is 10.5. The van der Waals surface area contributed by atoms with Crippen molar-refractivity contribution in [3.8, 4) is 21.1 Å². The van der Waals surface area contributed by atoms with Crippen molar-refractivity contribution < 1.29 is 0 Å². The number of H-pyrrole nitrogens is 1. The summed E-state index contributed by atoms with van der Waals surface area (Å²) >= 11 is 1.62. The molecule has 0 unspecified atom stereocenters. The average molecular weight is 228 g/mol. The van der Waals surface area contributed by atoms with Crippen molar-refractivity contribution in [2.45, 2.75) is 0 Å². The van der Waals surface area contributed by atoms with Gasteiger partial charge in [-0.25, -0.2) is 4.98 Å². The molecule has 5 heteroatoms. The van der Waals surface area contributed by atoms with Crippen molar-refractivity contribution in [1.29, 1.82) is 0 Å². The predicted octanol–water partition coefficient (Wildman–Crippen LogP) is 2.60. The van der Waals surface area contributed by atoms with Crippen LogP contribution >= 0.6 is 11.3 Å². The summed E-state index contributed by atoms with van der Waals surface area (Å²) in [5, 5.41) is 7.82. The molecule has 0 saturated heterocycles. The molecule has 0 fully saturated rings. The van der Waals surface area contributed by atoms with Crippen LogP contribution in [-0.2, 0) is 0 Å². The molecule has 0 radical (unpaired) electrons. The Hall–Kier alpha value is -2.01.